The molecule has 1 aliphatic rings. The number of pyridine rings is 1. The molecule has 0 bridgehead atoms. The van der Waals surface area contributed by atoms with Crippen molar-refractivity contribution in [3.8, 4) is 0 Å². The maximum atomic E-state index is 10.9. The molecule has 6 heteroatoms. The molecule has 1 aromatic rings. The number of nitro groups is 1. The Hall–Kier alpha value is -1.30. The van der Waals surface area contributed by atoms with Gasteiger partial charge < -0.3 is 5.32 Å². The Kier molecular flexibility index (Phi) is 3.83. The van der Waals surface area contributed by atoms with Crippen LogP contribution in [0.1, 0.15) is 12.1 Å². The summed E-state index contributed by atoms with van der Waals surface area (Å²) in [7, 11) is 0. The maximum absolute atomic E-state index is 10.9. The van der Waals surface area contributed by atoms with Crippen LogP contribution in [0.4, 0.5) is 11.5 Å². The van der Waals surface area contributed by atoms with Crippen LogP contribution in [0.15, 0.2) is 12.1 Å². The molecule has 1 N–H and O–H groups in total. The van der Waals surface area contributed by atoms with Crippen molar-refractivity contribution in [1.29, 1.82) is 0 Å². The molecule has 17 heavy (non-hydrogen) atoms. The van der Waals surface area contributed by atoms with E-state index in [-0.39, 0.29) is 5.69 Å². The molecule has 1 fully saturated rings. The van der Waals surface area contributed by atoms with E-state index in [1.807, 2.05) is 18.7 Å². The third kappa shape index (κ3) is 3.09. The Labute approximate surface area is 104 Å². The second-order valence-electron chi connectivity index (χ2n) is 4.19. The summed E-state index contributed by atoms with van der Waals surface area (Å²) in [6, 6.07) is 3.17. The van der Waals surface area contributed by atoms with Crippen LogP contribution in [0, 0.1) is 23.0 Å². The first-order valence-electron chi connectivity index (χ1n) is 5.60. The topological polar surface area (TPSA) is 68.1 Å². The lowest BCUT2D eigenvalue weighted by molar-refractivity contribution is -0.384. The Morgan fingerprint density at radius 3 is 3.12 bits per heavy atom. The Balaban J connectivity index is 2.07. The highest BCUT2D eigenvalue weighted by molar-refractivity contribution is 7.99. The number of thioether (sulfide) groups is 1. The molecule has 0 aromatic carbocycles. The second kappa shape index (κ2) is 5.35. The molecule has 0 spiro atoms. The summed E-state index contributed by atoms with van der Waals surface area (Å²) in [5, 5.41) is 14.0. The molecule has 1 aliphatic heterocycles. The maximum Gasteiger partial charge on any atom is 0.311 e. The summed E-state index contributed by atoms with van der Waals surface area (Å²) >= 11 is 1.94. The molecule has 2 heterocycles. The van der Waals surface area contributed by atoms with Gasteiger partial charge in [-0.3, -0.25) is 10.1 Å². The van der Waals surface area contributed by atoms with E-state index in [1.165, 1.54) is 18.2 Å². The first-order chi connectivity index (χ1) is 8.16. The molecule has 1 atom stereocenters. The molecule has 0 amide bonds. The molecule has 2 rings (SSSR count). The molecule has 5 nitrogen and oxygen atoms in total. The number of aromatic nitrogens is 1. The van der Waals surface area contributed by atoms with Crippen molar-refractivity contribution in [1.82, 2.24) is 4.98 Å². The van der Waals surface area contributed by atoms with Gasteiger partial charge >= 0.3 is 5.69 Å². The average Bonchev–Trinajstić information content (AvgIpc) is 2.78. The van der Waals surface area contributed by atoms with Crippen molar-refractivity contribution < 1.29 is 4.92 Å². The zero-order chi connectivity index (χ0) is 12.3. The van der Waals surface area contributed by atoms with Crippen molar-refractivity contribution in [3.63, 3.8) is 0 Å². The summed E-state index contributed by atoms with van der Waals surface area (Å²) in [4.78, 5) is 14.7. The number of nitrogens with one attached hydrogen (secondary N) is 1. The van der Waals surface area contributed by atoms with Gasteiger partial charge in [0.25, 0.3) is 0 Å². The minimum absolute atomic E-state index is 0.0567. The standard InChI is InChI=1S/C11H15N3O2S/c1-8-2-3-10(14(15)16)11(13-8)12-6-9-4-5-17-7-9/h2-3,9H,4-7H2,1H3,(H,12,13). The summed E-state index contributed by atoms with van der Waals surface area (Å²) in [6.07, 6.45) is 1.18. The van der Waals surface area contributed by atoms with Crippen LogP contribution in [-0.4, -0.2) is 28.0 Å². The largest absolute Gasteiger partial charge is 0.364 e. The van der Waals surface area contributed by atoms with E-state index in [1.54, 1.807) is 6.07 Å². The summed E-state index contributed by atoms with van der Waals surface area (Å²) in [5.41, 5.74) is 0.847. The quantitative estimate of drug-likeness (QED) is 0.659. The van der Waals surface area contributed by atoms with E-state index < -0.39 is 4.92 Å². The van der Waals surface area contributed by atoms with Crippen LogP contribution < -0.4 is 5.32 Å². The second-order valence-corrected chi connectivity index (χ2v) is 5.34. The highest BCUT2D eigenvalue weighted by atomic mass is 32.2. The van der Waals surface area contributed by atoms with Gasteiger partial charge in [-0.2, -0.15) is 11.8 Å². The van der Waals surface area contributed by atoms with Crippen LogP contribution in [0.25, 0.3) is 0 Å². The van der Waals surface area contributed by atoms with Gasteiger partial charge in [-0.25, -0.2) is 4.98 Å². The Morgan fingerprint density at radius 2 is 2.47 bits per heavy atom. The normalized spacial score (nSPS) is 19.2. The average molecular weight is 253 g/mol. The Morgan fingerprint density at radius 1 is 1.65 bits per heavy atom. The predicted molar refractivity (Wildman–Crippen MR) is 69.6 cm³/mol. The van der Waals surface area contributed by atoms with E-state index >= 15 is 0 Å². The number of hydrogen-bond acceptors (Lipinski definition) is 5. The van der Waals surface area contributed by atoms with Crippen LogP contribution in [0.5, 0.6) is 0 Å². The Bertz CT molecular complexity index is 419. The molecular formula is C11H15N3O2S. The van der Waals surface area contributed by atoms with Crippen LogP contribution in [-0.2, 0) is 0 Å². The summed E-state index contributed by atoms with van der Waals surface area (Å²) < 4.78 is 0. The number of nitrogens with zero attached hydrogens (tertiary/aromatic N) is 2. The van der Waals surface area contributed by atoms with Gasteiger partial charge in [0.2, 0.25) is 5.82 Å². The van der Waals surface area contributed by atoms with Crippen molar-refractivity contribution >= 4 is 23.3 Å². The third-order valence-electron chi connectivity index (χ3n) is 2.79. The highest BCUT2D eigenvalue weighted by Gasteiger charge is 2.19. The van der Waals surface area contributed by atoms with Gasteiger partial charge in [-0.1, -0.05) is 0 Å². The zero-order valence-corrected chi connectivity index (χ0v) is 10.5. The van der Waals surface area contributed by atoms with Crippen molar-refractivity contribution in [2.75, 3.05) is 23.4 Å². The van der Waals surface area contributed by atoms with E-state index in [0.717, 1.165) is 18.0 Å². The van der Waals surface area contributed by atoms with Crippen LogP contribution in [0.2, 0.25) is 0 Å². The number of hydrogen-bond donors (Lipinski definition) is 1. The molecule has 0 radical (unpaired) electrons. The van der Waals surface area contributed by atoms with Gasteiger partial charge in [-0.05, 0) is 36.8 Å². The number of anilines is 1. The van der Waals surface area contributed by atoms with E-state index in [4.69, 9.17) is 0 Å². The van der Waals surface area contributed by atoms with Crippen LogP contribution >= 0.6 is 11.8 Å². The molecular weight excluding hydrogens is 238 g/mol. The van der Waals surface area contributed by atoms with Crippen LogP contribution in [0.3, 0.4) is 0 Å². The fourth-order valence-electron chi connectivity index (χ4n) is 1.81. The van der Waals surface area contributed by atoms with E-state index in [0.29, 0.717) is 11.7 Å². The molecule has 1 unspecified atom stereocenters. The molecule has 0 aliphatic carbocycles. The van der Waals surface area contributed by atoms with E-state index in [2.05, 4.69) is 10.3 Å². The third-order valence-corrected chi connectivity index (χ3v) is 4.02. The first-order valence-corrected chi connectivity index (χ1v) is 6.76. The lowest BCUT2D eigenvalue weighted by atomic mass is 10.1. The first kappa shape index (κ1) is 12.2. The minimum Gasteiger partial charge on any atom is -0.364 e. The molecule has 0 saturated carbocycles. The minimum atomic E-state index is -0.391. The molecule has 92 valence electrons. The predicted octanol–water partition coefficient (Wildman–Crippen LogP) is 2.46. The van der Waals surface area contributed by atoms with Gasteiger partial charge in [0.1, 0.15) is 0 Å². The molecule has 1 aromatic heterocycles. The van der Waals surface area contributed by atoms with Crippen molar-refractivity contribution in [2.45, 2.75) is 13.3 Å². The smallest absolute Gasteiger partial charge is 0.311 e. The number of aryl methyl sites for hydroxylation is 1. The number of rotatable bonds is 4. The lowest BCUT2D eigenvalue weighted by Gasteiger charge is -2.10. The fraction of sp³-hybridized carbons (Fsp3) is 0.545. The monoisotopic (exact) mass is 253 g/mol. The molecule has 1 saturated heterocycles. The summed E-state index contributed by atoms with van der Waals surface area (Å²) in [5.74, 6) is 3.32. The zero-order valence-electron chi connectivity index (χ0n) is 9.68. The van der Waals surface area contributed by atoms with Gasteiger partial charge in [0.05, 0.1) is 4.92 Å². The highest BCUT2D eigenvalue weighted by Crippen LogP contribution is 2.26. The van der Waals surface area contributed by atoms with Crippen molar-refractivity contribution in [3.05, 3.63) is 27.9 Å². The van der Waals surface area contributed by atoms with E-state index in [9.17, 15) is 10.1 Å². The summed E-state index contributed by atoms with van der Waals surface area (Å²) in [6.45, 7) is 2.60. The van der Waals surface area contributed by atoms with Gasteiger partial charge in [0.15, 0.2) is 0 Å². The van der Waals surface area contributed by atoms with Gasteiger partial charge in [-0.15, -0.1) is 0 Å². The SMILES string of the molecule is Cc1ccc([N+](=O)[O-])c(NCC2CCSC2)n1. The van der Waals surface area contributed by atoms with Crippen molar-refractivity contribution in [2.24, 2.45) is 5.92 Å². The lowest BCUT2D eigenvalue weighted by Crippen LogP contribution is -2.15. The van der Waals surface area contributed by atoms with Gasteiger partial charge in [0, 0.05) is 18.3 Å². The fourth-order valence-corrected chi connectivity index (χ4v) is 3.10.